The predicted molar refractivity (Wildman–Crippen MR) is 127 cm³/mol. The van der Waals surface area contributed by atoms with Crippen LogP contribution in [0, 0.1) is 11.3 Å². The molecule has 1 saturated carbocycles. The quantitative estimate of drug-likeness (QED) is 0.742. The summed E-state index contributed by atoms with van der Waals surface area (Å²) in [5, 5.41) is 6.68. The number of piperazine rings is 1. The van der Waals surface area contributed by atoms with Crippen LogP contribution >= 0.6 is 36.2 Å². The van der Waals surface area contributed by atoms with Gasteiger partial charge in [-0.15, -0.1) is 36.2 Å². The van der Waals surface area contributed by atoms with Gasteiger partial charge in [-0.05, 0) is 37.8 Å². The first-order valence-corrected chi connectivity index (χ1v) is 11.3. The summed E-state index contributed by atoms with van der Waals surface area (Å²) in [4.78, 5) is 22.3. The molecule has 0 bridgehead atoms. The van der Waals surface area contributed by atoms with Gasteiger partial charge in [0.05, 0.1) is 5.69 Å². The Bertz CT molecular complexity index is 833. The summed E-state index contributed by atoms with van der Waals surface area (Å²) in [6.07, 6.45) is 3.47. The van der Waals surface area contributed by atoms with Gasteiger partial charge in [-0.25, -0.2) is 4.98 Å². The molecule has 1 atom stereocenters. The van der Waals surface area contributed by atoms with Crippen molar-refractivity contribution >= 4 is 42.1 Å². The molecule has 1 aromatic heterocycles. The highest BCUT2D eigenvalue weighted by atomic mass is 35.5. The van der Waals surface area contributed by atoms with Gasteiger partial charge in [-0.1, -0.05) is 30.3 Å². The first-order chi connectivity index (χ1) is 13.7. The molecular formula is C22H30Cl2N4OS. The van der Waals surface area contributed by atoms with Crippen molar-refractivity contribution in [1.29, 1.82) is 0 Å². The summed E-state index contributed by atoms with van der Waals surface area (Å²) in [6.45, 7) is 6.66. The molecule has 3 heterocycles. The van der Waals surface area contributed by atoms with Gasteiger partial charge >= 0.3 is 0 Å². The summed E-state index contributed by atoms with van der Waals surface area (Å²) in [6, 6.07) is 10.4. The number of piperidine rings is 1. The topological polar surface area (TPSA) is 48.5 Å². The van der Waals surface area contributed by atoms with Crippen LogP contribution in [0.3, 0.4) is 0 Å². The summed E-state index contributed by atoms with van der Waals surface area (Å²) in [7, 11) is 0. The molecule has 2 aromatic rings. The average Bonchev–Trinajstić information content (AvgIpc) is 3.22. The number of nitrogens with one attached hydrogen (secondary N) is 1. The highest BCUT2D eigenvalue weighted by Crippen LogP contribution is 2.59. The normalized spacial score (nSPS) is 22.8. The minimum atomic E-state index is 0. The first kappa shape index (κ1) is 23.5. The lowest BCUT2D eigenvalue weighted by molar-refractivity contribution is -0.135. The van der Waals surface area contributed by atoms with E-state index >= 15 is 0 Å². The Kier molecular flexibility index (Phi) is 7.80. The maximum atomic E-state index is 12.9. The van der Waals surface area contributed by atoms with Gasteiger partial charge in [0, 0.05) is 49.6 Å². The molecule has 0 radical (unpaired) electrons. The zero-order chi connectivity index (χ0) is 19.0. The van der Waals surface area contributed by atoms with E-state index in [2.05, 4.69) is 44.8 Å². The van der Waals surface area contributed by atoms with E-state index < -0.39 is 0 Å². The fourth-order valence-electron chi connectivity index (χ4n) is 4.84. The number of rotatable bonds is 4. The van der Waals surface area contributed by atoms with Gasteiger partial charge in [0.2, 0.25) is 5.91 Å². The van der Waals surface area contributed by atoms with Crippen LogP contribution in [0.15, 0.2) is 35.7 Å². The highest BCUT2D eigenvalue weighted by Gasteiger charge is 2.58. The molecular weight excluding hydrogens is 439 g/mol. The monoisotopic (exact) mass is 468 g/mol. The molecule has 30 heavy (non-hydrogen) atoms. The van der Waals surface area contributed by atoms with Crippen LogP contribution in [0.5, 0.6) is 0 Å². The Morgan fingerprint density at radius 2 is 1.80 bits per heavy atom. The third-order valence-electron chi connectivity index (χ3n) is 6.73. The standard InChI is InChI=1S/C22H28N4OS.2ClH/c27-21(19-14-22(19)6-8-23-9-7-22)26-12-10-25(11-13-26)15-18-16-28-20(24-18)17-4-2-1-3-5-17;;/h1-5,16,19,23H,6-15H2;2*1H. The van der Waals surface area contributed by atoms with Crippen molar-refractivity contribution in [3.05, 3.63) is 41.4 Å². The molecule has 164 valence electrons. The largest absolute Gasteiger partial charge is 0.340 e. The van der Waals surface area contributed by atoms with Crippen LogP contribution in [0.1, 0.15) is 25.0 Å². The Hall–Kier alpha value is -1.18. The molecule has 5 rings (SSSR count). The lowest BCUT2D eigenvalue weighted by Crippen LogP contribution is -2.49. The van der Waals surface area contributed by atoms with E-state index in [9.17, 15) is 4.79 Å². The van der Waals surface area contributed by atoms with Gasteiger partial charge in [0.25, 0.3) is 0 Å². The summed E-state index contributed by atoms with van der Waals surface area (Å²) in [5.74, 6) is 0.717. The van der Waals surface area contributed by atoms with E-state index in [1.54, 1.807) is 11.3 Å². The second-order valence-electron chi connectivity index (χ2n) is 8.48. The number of carbonyl (C=O) groups excluding carboxylic acids is 1. The maximum absolute atomic E-state index is 12.9. The maximum Gasteiger partial charge on any atom is 0.226 e. The van der Waals surface area contributed by atoms with E-state index in [1.165, 1.54) is 18.4 Å². The zero-order valence-corrected chi connectivity index (χ0v) is 19.5. The van der Waals surface area contributed by atoms with E-state index in [-0.39, 0.29) is 24.8 Å². The van der Waals surface area contributed by atoms with E-state index in [0.717, 1.165) is 62.9 Å². The van der Waals surface area contributed by atoms with Crippen molar-refractivity contribution in [2.75, 3.05) is 39.3 Å². The molecule has 1 aliphatic carbocycles. The Morgan fingerprint density at radius 1 is 1.10 bits per heavy atom. The summed E-state index contributed by atoms with van der Waals surface area (Å²) in [5.41, 5.74) is 2.67. The SMILES string of the molecule is Cl.Cl.O=C(C1CC12CCNCC2)N1CCN(Cc2csc(-c3ccccc3)n2)CC1. The third kappa shape index (κ3) is 4.83. The molecule has 1 aromatic carbocycles. The fraction of sp³-hybridized carbons (Fsp3) is 0.545. The summed E-state index contributed by atoms with van der Waals surface area (Å²) >= 11 is 1.71. The van der Waals surface area contributed by atoms with Crippen molar-refractivity contribution in [3.8, 4) is 10.6 Å². The first-order valence-electron chi connectivity index (χ1n) is 10.5. The number of hydrogen-bond donors (Lipinski definition) is 1. The van der Waals surface area contributed by atoms with Crippen molar-refractivity contribution in [2.24, 2.45) is 11.3 Å². The molecule has 3 aliphatic rings. The third-order valence-corrected chi connectivity index (χ3v) is 7.67. The molecule has 1 spiro atoms. The van der Waals surface area contributed by atoms with Crippen LogP contribution in [0.4, 0.5) is 0 Å². The number of aromatic nitrogens is 1. The van der Waals surface area contributed by atoms with Gasteiger partial charge in [0.1, 0.15) is 5.01 Å². The number of nitrogens with zero attached hydrogens (tertiary/aromatic N) is 3. The number of thiazole rings is 1. The molecule has 2 aliphatic heterocycles. The van der Waals surface area contributed by atoms with Crippen molar-refractivity contribution in [2.45, 2.75) is 25.8 Å². The number of benzene rings is 1. The number of amides is 1. The Morgan fingerprint density at radius 3 is 2.50 bits per heavy atom. The lowest BCUT2D eigenvalue weighted by atomic mass is 9.91. The van der Waals surface area contributed by atoms with Crippen LogP contribution < -0.4 is 5.32 Å². The number of hydrogen-bond acceptors (Lipinski definition) is 5. The molecule has 5 nitrogen and oxygen atoms in total. The van der Waals surface area contributed by atoms with Crippen LogP contribution in [0.2, 0.25) is 0 Å². The van der Waals surface area contributed by atoms with E-state index in [1.807, 2.05) is 6.07 Å². The number of halogens is 2. The fourth-order valence-corrected chi connectivity index (χ4v) is 5.66. The number of carbonyl (C=O) groups is 1. The smallest absolute Gasteiger partial charge is 0.226 e. The van der Waals surface area contributed by atoms with Gasteiger partial charge in [-0.2, -0.15) is 0 Å². The summed E-state index contributed by atoms with van der Waals surface area (Å²) < 4.78 is 0. The van der Waals surface area contributed by atoms with Crippen LogP contribution in [-0.4, -0.2) is 60.0 Å². The second kappa shape index (κ2) is 9.96. The average molecular weight is 469 g/mol. The lowest BCUT2D eigenvalue weighted by Gasteiger charge is -2.35. The molecule has 2 saturated heterocycles. The van der Waals surface area contributed by atoms with Crippen molar-refractivity contribution < 1.29 is 4.79 Å². The van der Waals surface area contributed by atoms with Gasteiger partial charge in [-0.3, -0.25) is 9.69 Å². The minimum Gasteiger partial charge on any atom is -0.340 e. The molecule has 1 N–H and O–H groups in total. The van der Waals surface area contributed by atoms with Crippen LogP contribution in [0.25, 0.3) is 10.6 Å². The molecule has 1 amide bonds. The zero-order valence-electron chi connectivity index (χ0n) is 17.1. The predicted octanol–water partition coefficient (Wildman–Crippen LogP) is 3.69. The van der Waals surface area contributed by atoms with Gasteiger partial charge in [0.15, 0.2) is 0 Å². The minimum absolute atomic E-state index is 0. The Balaban J connectivity index is 0.00000128. The van der Waals surface area contributed by atoms with Crippen molar-refractivity contribution in [1.82, 2.24) is 20.1 Å². The molecule has 1 unspecified atom stereocenters. The molecule has 8 heteroatoms. The van der Waals surface area contributed by atoms with Crippen molar-refractivity contribution in [3.63, 3.8) is 0 Å². The van der Waals surface area contributed by atoms with E-state index in [0.29, 0.717) is 17.2 Å². The van der Waals surface area contributed by atoms with E-state index in [4.69, 9.17) is 4.98 Å². The van der Waals surface area contributed by atoms with Crippen LogP contribution in [-0.2, 0) is 11.3 Å². The van der Waals surface area contributed by atoms with Gasteiger partial charge < -0.3 is 10.2 Å². The second-order valence-corrected chi connectivity index (χ2v) is 9.34. The molecule has 3 fully saturated rings. The highest BCUT2D eigenvalue weighted by molar-refractivity contribution is 7.13. The Labute approximate surface area is 195 Å².